The third-order valence-electron chi connectivity index (χ3n) is 14.0. The van der Waals surface area contributed by atoms with Crippen LogP contribution in [-0.2, 0) is 38.1 Å². The Labute approximate surface area is 451 Å². The number of carbonyl (C=O) groups excluding carboxylic acids is 4. The highest BCUT2D eigenvalue weighted by Crippen LogP contribution is 2.38. The number of hydrogen-bond acceptors (Lipinski definition) is 18. The Hall–Kier alpha value is -5.29. The molecule has 19 nitrogen and oxygen atoms in total. The third-order valence-corrected chi connectivity index (χ3v) is 14.0. The number of rotatable bonds is 10. The molecule has 0 spiro atoms. The second kappa shape index (κ2) is 32.6. The molecule has 1 aromatic carbocycles. The van der Waals surface area contributed by atoms with Crippen LogP contribution in [0.3, 0.4) is 0 Å². The first-order valence-corrected chi connectivity index (χ1v) is 26.6. The van der Waals surface area contributed by atoms with Gasteiger partial charge in [0.15, 0.2) is 17.9 Å². The van der Waals surface area contributed by atoms with Gasteiger partial charge in [0.1, 0.15) is 36.1 Å². The highest BCUT2D eigenvalue weighted by atomic mass is 16.7. The number of nitrogen functional groups attached to an aromatic ring is 1. The van der Waals surface area contributed by atoms with E-state index in [0.29, 0.717) is 17.7 Å². The van der Waals surface area contributed by atoms with Gasteiger partial charge in [-0.15, -0.1) is 0 Å². The molecule has 0 aliphatic carbocycles. The zero-order chi connectivity index (χ0) is 56.7. The number of carboxylic acid groups (broad SMARTS) is 1. The molecule has 19 heteroatoms. The summed E-state index contributed by atoms with van der Waals surface area (Å²) in [6.45, 7) is 5.33. The Morgan fingerprint density at radius 1 is 0.792 bits per heavy atom. The van der Waals surface area contributed by atoms with Crippen molar-refractivity contribution in [2.75, 3.05) is 12.3 Å². The Morgan fingerprint density at radius 2 is 1.38 bits per heavy atom. The molecule has 2 saturated heterocycles. The molecule has 1 aromatic rings. The normalized spacial score (nSPS) is 35.6. The number of allylic oxidation sites excluding steroid dienone is 12. The summed E-state index contributed by atoms with van der Waals surface area (Å²) in [5.41, 5.74) is 12.7. The second-order valence-electron chi connectivity index (χ2n) is 20.8. The van der Waals surface area contributed by atoms with E-state index in [1.807, 2.05) is 26.8 Å². The highest BCUT2D eigenvalue weighted by molar-refractivity contribution is 5.97. The van der Waals surface area contributed by atoms with Crippen molar-refractivity contribution < 1.29 is 83.8 Å². The molecule has 0 saturated carbocycles. The van der Waals surface area contributed by atoms with Crippen LogP contribution in [0.4, 0.5) is 5.69 Å². The Bertz CT molecular complexity index is 2260. The molecule has 3 aliphatic heterocycles. The number of carbonyl (C=O) groups is 5. The van der Waals surface area contributed by atoms with E-state index in [2.05, 4.69) is 0 Å². The second-order valence-corrected chi connectivity index (χ2v) is 20.8. The molecule has 0 amide bonds. The molecule has 2 bridgehead atoms. The van der Waals surface area contributed by atoms with Crippen molar-refractivity contribution in [2.24, 2.45) is 29.4 Å². The number of cyclic esters (lactones) is 1. The van der Waals surface area contributed by atoms with E-state index >= 15 is 0 Å². The molecular weight excluding hydrogens is 997 g/mol. The van der Waals surface area contributed by atoms with Gasteiger partial charge >= 0.3 is 11.9 Å². The molecule has 16 atom stereocenters. The number of fused-ring (bicyclic) bond motifs is 2. The predicted octanol–water partition coefficient (Wildman–Crippen LogP) is 4.41. The largest absolute Gasteiger partial charge is 0.481 e. The number of carboxylic acids is 1. The number of aliphatic hydroxyl groups excluding tert-OH is 6. The number of benzene rings is 1. The van der Waals surface area contributed by atoms with E-state index in [1.54, 1.807) is 97.2 Å². The fraction of sp³-hybridized carbons (Fsp3) is 0.569. The summed E-state index contributed by atoms with van der Waals surface area (Å²) in [7, 11) is 0. The number of anilines is 1. The number of ketones is 3. The van der Waals surface area contributed by atoms with Crippen molar-refractivity contribution in [2.45, 2.75) is 177 Å². The van der Waals surface area contributed by atoms with Crippen molar-refractivity contribution in [3.63, 3.8) is 0 Å². The minimum atomic E-state index is -2.19. The molecule has 0 radical (unpaired) electrons. The molecule has 4 rings (SSSR count). The highest BCUT2D eigenvalue weighted by Gasteiger charge is 2.50. The number of ether oxygens (including phenoxy) is 4. The first-order chi connectivity index (χ1) is 36.5. The van der Waals surface area contributed by atoms with Crippen LogP contribution >= 0.6 is 0 Å². The van der Waals surface area contributed by atoms with Crippen LogP contribution in [-0.4, -0.2) is 150 Å². The van der Waals surface area contributed by atoms with Crippen molar-refractivity contribution in [1.29, 1.82) is 0 Å². The van der Waals surface area contributed by atoms with E-state index in [0.717, 1.165) is 0 Å². The molecule has 3 heterocycles. The summed E-state index contributed by atoms with van der Waals surface area (Å²) < 4.78 is 23.5. The number of nitrogens with two attached hydrogens (primary N) is 2. The maximum Gasteiger partial charge on any atom is 0.313 e. The van der Waals surface area contributed by atoms with E-state index in [4.69, 9.17) is 30.4 Å². The maximum atomic E-state index is 13.3. The zero-order valence-corrected chi connectivity index (χ0v) is 44.4. The van der Waals surface area contributed by atoms with Crippen LogP contribution in [0.1, 0.15) is 115 Å². The van der Waals surface area contributed by atoms with Crippen LogP contribution in [0.25, 0.3) is 0 Å². The Balaban J connectivity index is 1.51. The summed E-state index contributed by atoms with van der Waals surface area (Å²) in [4.78, 5) is 64.5. The zero-order valence-electron chi connectivity index (χ0n) is 44.4. The van der Waals surface area contributed by atoms with Crippen LogP contribution < -0.4 is 11.5 Å². The van der Waals surface area contributed by atoms with Crippen molar-refractivity contribution >= 4 is 35.0 Å². The summed E-state index contributed by atoms with van der Waals surface area (Å²) in [6.07, 6.45) is 11.0. The average Bonchev–Trinajstić information content (AvgIpc) is 3.35. The van der Waals surface area contributed by atoms with Crippen LogP contribution in [0, 0.1) is 23.7 Å². The fourth-order valence-electron chi connectivity index (χ4n) is 9.69. The van der Waals surface area contributed by atoms with Gasteiger partial charge in [0.2, 0.25) is 0 Å². The van der Waals surface area contributed by atoms with Crippen molar-refractivity contribution in [3.8, 4) is 0 Å². The fourth-order valence-corrected chi connectivity index (χ4v) is 9.69. The van der Waals surface area contributed by atoms with Crippen LogP contribution in [0.5, 0.6) is 0 Å². The van der Waals surface area contributed by atoms with Gasteiger partial charge in [-0.3, -0.25) is 24.0 Å². The minimum Gasteiger partial charge on any atom is -0.481 e. The summed E-state index contributed by atoms with van der Waals surface area (Å²) in [5, 5.41) is 86.4. The van der Waals surface area contributed by atoms with Gasteiger partial charge in [-0.2, -0.15) is 0 Å². The molecular formula is C58H82N2O17. The standard InChI is InChI=1S/C58H82N2O17/c1-36-18-14-12-10-8-6-4-5-7-9-11-13-15-23-45(75-57-54(70)53(60)49(68)35-74-57)31-50-52(56(71)72)48(67)34-58(73,77-50)33-44(64)22-17-20-42(62)29-41(61)19-16-21-43(63)30-51(69)76-55(36)38(3)28-37(2)46(65)32-47(66)39-24-26-40(59)27-25-39/h4-15,18,23-27,36-38,42,44-46,48-50,52-55,57,62,64-65,67-68,70,73H,16-17,19-22,28-35,59-60H2,1-3H3,(H,71,72)/b5-4+,8-6+,9-7+,12-10+,13-11+,18-14+,23-15+/t36?,37?,38?,42?,44?,45?,46?,48?,49-,50?,52?,53+,54+,55?,57+,58?/m1/s1. The lowest BCUT2D eigenvalue weighted by molar-refractivity contribution is -0.305. The van der Waals surface area contributed by atoms with E-state index in [1.165, 1.54) is 6.08 Å². The lowest BCUT2D eigenvalue weighted by Gasteiger charge is -2.45. The topological polar surface area (TPSA) is 336 Å². The monoisotopic (exact) mass is 1080 g/mol. The first kappa shape index (κ1) is 64.2. The molecule has 0 aromatic heterocycles. The number of aliphatic hydroxyl groups is 7. The number of Topliss-reactive ketones (excluding diaryl/α,β-unsaturated/α-hetero) is 3. The van der Waals surface area contributed by atoms with Gasteiger partial charge in [0.05, 0.1) is 55.4 Å². The number of esters is 1. The number of hydrogen-bond donors (Lipinski definition) is 10. The predicted molar refractivity (Wildman–Crippen MR) is 286 cm³/mol. The molecule has 3 aliphatic rings. The Kier molecular flexibility index (Phi) is 27.2. The maximum absolute atomic E-state index is 13.3. The van der Waals surface area contributed by atoms with Gasteiger partial charge in [0.25, 0.3) is 0 Å². The molecule has 77 heavy (non-hydrogen) atoms. The molecule has 12 unspecified atom stereocenters. The van der Waals surface area contributed by atoms with Crippen LogP contribution in [0.2, 0.25) is 0 Å². The van der Waals surface area contributed by atoms with Gasteiger partial charge in [0, 0.05) is 62.1 Å². The van der Waals surface area contributed by atoms with Crippen molar-refractivity contribution in [3.05, 3.63) is 115 Å². The third kappa shape index (κ3) is 22.5. The van der Waals surface area contributed by atoms with Crippen LogP contribution in [0.15, 0.2) is 109 Å². The minimum absolute atomic E-state index is 0.0342. The SMILES string of the molecule is CC1/C=C/C=C/C=C/C=C/C=C/C=C/C=C/C(O[C@@H]2OC[C@@H](O)[C@H](N)[C@@H]2O)CC2OC(O)(CC(O)CCCC(O)CC(=O)CCCC(=O)CC(=O)OC1C(C)CC(C)C(O)CC(=O)c1ccc(N)cc1)CC(O)C2C(=O)O. The first-order valence-electron chi connectivity index (χ1n) is 26.6. The van der Waals surface area contributed by atoms with Gasteiger partial charge < -0.3 is 71.3 Å². The van der Waals surface area contributed by atoms with E-state index in [9.17, 15) is 64.8 Å². The summed E-state index contributed by atoms with van der Waals surface area (Å²) in [6, 6.07) is 5.35. The van der Waals surface area contributed by atoms with Gasteiger partial charge in [-0.05, 0) is 68.2 Å². The van der Waals surface area contributed by atoms with E-state index < -0.39 is 116 Å². The van der Waals surface area contributed by atoms with Crippen molar-refractivity contribution in [1.82, 2.24) is 0 Å². The van der Waals surface area contributed by atoms with E-state index in [-0.39, 0.29) is 93.7 Å². The molecule has 12 N–H and O–H groups in total. The van der Waals surface area contributed by atoms with Gasteiger partial charge in [-0.1, -0.05) is 106 Å². The number of aliphatic carboxylic acids is 1. The lowest BCUT2D eigenvalue weighted by atomic mass is 9.83. The lowest BCUT2D eigenvalue weighted by Crippen LogP contribution is -2.59. The summed E-state index contributed by atoms with van der Waals surface area (Å²) in [5.74, 6) is -7.86. The Morgan fingerprint density at radius 3 is 2.00 bits per heavy atom. The van der Waals surface area contributed by atoms with Gasteiger partial charge in [-0.25, -0.2) is 0 Å². The quantitative estimate of drug-likeness (QED) is 0.0671. The smallest absolute Gasteiger partial charge is 0.313 e. The molecule has 426 valence electrons. The average molecular weight is 1080 g/mol. The molecule has 2 fully saturated rings. The summed E-state index contributed by atoms with van der Waals surface area (Å²) >= 11 is 0.